The van der Waals surface area contributed by atoms with Crippen molar-refractivity contribution in [2.75, 3.05) is 10.6 Å². The molecule has 14 heavy (non-hydrogen) atoms. The Morgan fingerprint density at radius 2 is 2.14 bits per heavy atom. The Kier molecular flexibility index (Phi) is 2.58. The van der Waals surface area contributed by atoms with Crippen LogP contribution in [-0.4, -0.2) is 10.3 Å². The van der Waals surface area contributed by atoms with E-state index in [9.17, 15) is 0 Å². The maximum atomic E-state index is 6.26. The number of hydrogen-bond donors (Lipinski definition) is 1. The number of anilines is 1. The first kappa shape index (κ1) is 10.1. The highest BCUT2D eigenvalue weighted by atomic mass is 79.9. The highest BCUT2D eigenvalue weighted by Crippen LogP contribution is 2.36. The average molecular weight is 273 g/mol. The van der Waals surface area contributed by atoms with Crippen LogP contribution in [-0.2, 0) is 0 Å². The van der Waals surface area contributed by atoms with Crippen molar-refractivity contribution in [1.29, 1.82) is 0 Å². The molecule has 0 saturated heterocycles. The standard InChI is InChI=1S/C11H11BrClN/c1-11(13)6-8(7-12)9-4-2-3-5-10(9)14-11/h2-6,14H,7H2,1H3. The van der Waals surface area contributed by atoms with Gasteiger partial charge in [-0.2, -0.15) is 0 Å². The number of halogens is 2. The maximum Gasteiger partial charge on any atom is 0.129 e. The summed E-state index contributed by atoms with van der Waals surface area (Å²) in [5.41, 5.74) is 3.56. The molecular weight excluding hydrogens is 261 g/mol. The van der Waals surface area contributed by atoms with Gasteiger partial charge in [-0.3, -0.25) is 0 Å². The summed E-state index contributed by atoms with van der Waals surface area (Å²) in [6.45, 7) is 1.95. The lowest BCUT2D eigenvalue weighted by atomic mass is 9.99. The van der Waals surface area contributed by atoms with Gasteiger partial charge in [0, 0.05) is 16.6 Å². The molecule has 1 N–H and O–H groups in total. The fraction of sp³-hybridized carbons (Fsp3) is 0.273. The van der Waals surface area contributed by atoms with E-state index >= 15 is 0 Å². The fourth-order valence-electron chi connectivity index (χ4n) is 1.69. The summed E-state index contributed by atoms with van der Waals surface area (Å²) < 4.78 is 0. The summed E-state index contributed by atoms with van der Waals surface area (Å²) in [5.74, 6) is 0. The molecule has 0 fully saturated rings. The van der Waals surface area contributed by atoms with Gasteiger partial charge in [-0.05, 0) is 24.6 Å². The highest BCUT2D eigenvalue weighted by Gasteiger charge is 2.25. The number of fused-ring (bicyclic) bond motifs is 1. The molecule has 1 heterocycles. The number of hydrogen-bond acceptors (Lipinski definition) is 1. The van der Waals surface area contributed by atoms with Crippen molar-refractivity contribution in [3.05, 3.63) is 35.9 Å². The van der Waals surface area contributed by atoms with Gasteiger partial charge in [-0.1, -0.05) is 45.7 Å². The van der Waals surface area contributed by atoms with Crippen LogP contribution in [0.2, 0.25) is 0 Å². The third kappa shape index (κ3) is 1.82. The zero-order valence-corrected chi connectivity index (χ0v) is 10.2. The van der Waals surface area contributed by atoms with E-state index in [1.165, 1.54) is 11.1 Å². The van der Waals surface area contributed by atoms with Crippen molar-refractivity contribution >= 4 is 38.8 Å². The lowest BCUT2D eigenvalue weighted by Crippen LogP contribution is -2.29. The van der Waals surface area contributed by atoms with Gasteiger partial charge in [0.2, 0.25) is 0 Å². The van der Waals surface area contributed by atoms with Crippen LogP contribution in [0.15, 0.2) is 30.3 Å². The van der Waals surface area contributed by atoms with E-state index in [1.807, 2.05) is 31.2 Å². The van der Waals surface area contributed by atoms with Crippen LogP contribution in [0.1, 0.15) is 12.5 Å². The second-order valence-corrected chi connectivity index (χ2v) is 4.90. The molecule has 1 aliphatic rings. The van der Waals surface area contributed by atoms with E-state index in [4.69, 9.17) is 11.6 Å². The Bertz CT molecular complexity index is 385. The van der Waals surface area contributed by atoms with Gasteiger partial charge in [-0.15, -0.1) is 0 Å². The predicted molar refractivity (Wildman–Crippen MR) is 66.1 cm³/mol. The second kappa shape index (κ2) is 3.59. The molecular formula is C11H11BrClN. The molecule has 74 valence electrons. The fourth-order valence-corrected chi connectivity index (χ4v) is 2.38. The topological polar surface area (TPSA) is 12.0 Å². The van der Waals surface area contributed by atoms with Crippen molar-refractivity contribution in [2.45, 2.75) is 11.9 Å². The van der Waals surface area contributed by atoms with Crippen LogP contribution in [0.4, 0.5) is 5.69 Å². The monoisotopic (exact) mass is 271 g/mol. The lowest BCUT2D eigenvalue weighted by Gasteiger charge is -2.29. The first-order valence-electron chi connectivity index (χ1n) is 4.46. The molecule has 1 nitrogen and oxygen atoms in total. The molecule has 0 saturated carbocycles. The van der Waals surface area contributed by atoms with Gasteiger partial charge in [0.05, 0.1) is 0 Å². The molecule has 1 aliphatic heterocycles. The molecule has 1 aromatic carbocycles. The van der Waals surface area contributed by atoms with Crippen LogP contribution in [0.3, 0.4) is 0 Å². The molecule has 3 heteroatoms. The molecule has 2 rings (SSSR count). The minimum atomic E-state index is -0.475. The molecule has 0 amide bonds. The summed E-state index contributed by atoms with van der Waals surface area (Å²) in [6.07, 6.45) is 2.05. The first-order chi connectivity index (χ1) is 6.62. The van der Waals surface area contributed by atoms with E-state index in [2.05, 4.69) is 27.3 Å². The number of benzene rings is 1. The van der Waals surface area contributed by atoms with Gasteiger partial charge < -0.3 is 5.32 Å². The van der Waals surface area contributed by atoms with Crippen molar-refractivity contribution < 1.29 is 0 Å². The summed E-state index contributed by atoms with van der Waals surface area (Å²) in [4.78, 5) is -0.475. The van der Waals surface area contributed by atoms with Gasteiger partial charge in [0.15, 0.2) is 0 Å². The van der Waals surface area contributed by atoms with Crippen molar-refractivity contribution in [2.24, 2.45) is 0 Å². The van der Waals surface area contributed by atoms with Gasteiger partial charge in [0.25, 0.3) is 0 Å². The second-order valence-electron chi connectivity index (χ2n) is 3.55. The summed E-state index contributed by atoms with van der Waals surface area (Å²) in [6, 6.07) is 8.19. The van der Waals surface area contributed by atoms with Crippen molar-refractivity contribution in [1.82, 2.24) is 0 Å². The quantitative estimate of drug-likeness (QED) is 0.605. The Balaban J connectivity index is 2.53. The normalized spacial score (nSPS) is 24.9. The van der Waals surface area contributed by atoms with Crippen molar-refractivity contribution in [3.63, 3.8) is 0 Å². The van der Waals surface area contributed by atoms with Gasteiger partial charge in [-0.25, -0.2) is 0 Å². The summed E-state index contributed by atoms with van der Waals surface area (Å²) in [7, 11) is 0. The average Bonchev–Trinajstić information content (AvgIpc) is 2.15. The lowest BCUT2D eigenvalue weighted by molar-refractivity contribution is 0.891. The van der Waals surface area contributed by atoms with E-state index in [1.54, 1.807) is 0 Å². The van der Waals surface area contributed by atoms with E-state index in [0.717, 1.165) is 11.0 Å². The Morgan fingerprint density at radius 3 is 2.86 bits per heavy atom. The van der Waals surface area contributed by atoms with E-state index < -0.39 is 5.00 Å². The predicted octanol–water partition coefficient (Wildman–Crippen LogP) is 3.85. The van der Waals surface area contributed by atoms with Crippen LogP contribution in [0, 0.1) is 0 Å². The maximum absolute atomic E-state index is 6.26. The van der Waals surface area contributed by atoms with Gasteiger partial charge >= 0.3 is 0 Å². The minimum Gasteiger partial charge on any atom is -0.363 e. The highest BCUT2D eigenvalue weighted by molar-refractivity contribution is 9.09. The molecule has 1 atom stereocenters. The molecule has 0 spiro atoms. The zero-order valence-electron chi connectivity index (χ0n) is 7.85. The zero-order chi connectivity index (χ0) is 10.2. The smallest absolute Gasteiger partial charge is 0.129 e. The SMILES string of the molecule is CC1(Cl)C=C(CBr)c2ccccc2N1. The third-order valence-corrected chi connectivity index (χ3v) is 3.05. The molecule has 0 bridgehead atoms. The molecule has 0 aromatic heterocycles. The molecule has 1 unspecified atom stereocenters. The molecule has 0 radical (unpaired) electrons. The van der Waals surface area contributed by atoms with Crippen LogP contribution < -0.4 is 5.32 Å². The third-order valence-electron chi connectivity index (χ3n) is 2.24. The van der Waals surface area contributed by atoms with E-state index in [0.29, 0.717) is 0 Å². The number of alkyl halides is 2. The molecule has 0 aliphatic carbocycles. The number of rotatable bonds is 1. The summed E-state index contributed by atoms with van der Waals surface area (Å²) in [5, 5.41) is 4.10. The first-order valence-corrected chi connectivity index (χ1v) is 5.96. The van der Waals surface area contributed by atoms with E-state index in [-0.39, 0.29) is 0 Å². The largest absolute Gasteiger partial charge is 0.363 e. The van der Waals surface area contributed by atoms with Crippen LogP contribution in [0.25, 0.3) is 5.57 Å². The van der Waals surface area contributed by atoms with Crippen LogP contribution >= 0.6 is 27.5 Å². The Labute approximate surface area is 97.3 Å². The Hall–Kier alpha value is -0.470. The Morgan fingerprint density at radius 1 is 1.43 bits per heavy atom. The number of nitrogens with one attached hydrogen (secondary N) is 1. The van der Waals surface area contributed by atoms with Gasteiger partial charge in [0.1, 0.15) is 5.00 Å². The number of para-hydroxylation sites is 1. The van der Waals surface area contributed by atoms with Crippen LogP contribution in [0.5, 0.6) is 0 Å². The van der Waals surface area contributed by atoms with Crippen molar-refractivity contribution in [3.8, 4) is 0 Å². The number of allylic oxidation sites excluding steroid dienone is 1. The summed E-state index contributed by atoms with van der Waals surface area (Å²) >= 11 is 9.74. The minimum absolute atomic E-state index is 0.475. The molecule has 1 aromatic rings.